The van der Waals surface area contributed by atoms with Crippen LogP contribution in [0.4, 0.5) is 0 Å². The van der Waals surface area contributed by atoms with Gasteiger partial charge in [0.2, 0.25) is 5.91 Å². The topological polar surface area (TPSA) is 95.9 Å². The minimum Gasteiger partial charge on any atom is -0.462 e. The minimum absolute atomic E-state index is 0.0560. The van der Waals surface area contributed by atoms with E-state index in [-0.39, 0.29) is 24.9 Å². The van der Waals surface area contributed by atoms with Gasteiger partial charge in [0.1, 0.15) is 6.10 Å². The molecule has 0 aromatic carbocycles. The van der Waals surface area contributed by atoms with Gasteiger partial charge in [0, 0.05) is 6.42 Å². The molecule has 360 valence electrons. The second-order valence-corrected chi connectivity index (χ2v) is 17.9. The number of carbonyl (C=O) groups excluding carboxylic acids is 2. The van der Waals surface area contributed by atoms with Crippen LogP contribution in [0.2, 0.25) is 0 Å². The van der Waals surface area contributed by atoms with Crippen molar-refractivity contribution in [3.63, 3.8) is 0 Å². The molecule has 0 radical (unpaired) electrons. The molecule has 0 saturated heterocycles. The summed E-state index contributed by atoms with van der Waals surface area (Å²) in [6.07, 6.45) is 61.4. The molecule has 0 fully saturated rings. The Balaban J connectivity index is 4.59. The van der Waals surface area contributed by atoms with Crippen LogP contribution in [-0.2, 0) is 14.3 Å². The summed E-state index contributed by atoms with van der Waals surface area (Å²) in [4.78, 5) is 26.1. The van der Waals surface area contributed by atoms with Gasteiger partial charge < -0.3 is 20.3 Å². The smallest absolute Gasteiger partial charge is 0.306 e. The molecule has 6 nitrogen and oxygen atoms in total. The zero-order valence-electron chi connectivity index (χ0n) is 41.0. The summed E-state index contributed by atoms with van der Waals surface area (Å²) >= 11 is 0. The van der Waals surface area contributed by atoms with Crippen LogP contribution >= 0.6 is 0 Å². The van der Waals surface area contributed by atoms with E-state index in [1.165, 1.54) is 128 Å². The molecule has 0 spiro atoms. The van der Waals surface area contributed by atoms with Crippen LogP contribution < -0.4 is 5.32 Å². The molecule has 0 heterocycles. The van der Waals surface area contributed by atoms with Gasteiger partial charge in [-0.3, -0.25) is 9.59 Å². The molecular weight excluding hydrogens is 767 g/mol. The molecule has 3 N–H and O–H groups in total. The Labute approximate surface area is 384 Å². The van der Waals surface area contributed by atoms with Crippen LogP contribution in [-0.4, -0.2) is 46.9 Å². The minimum atomic E-state index is -0.797. The van der Waals surface area contributed by atoms with Crippen LogP contribution in [0.15, 0.2) is 60.8 Å². The maximum absolute atomic E-state index is 13.2. The number of hydrogen-bond acceptors (Lipinski definition) is 5. The lowest BCUT2D eigenvalue weighted by atomic mass is 10.0. The Morgan fingerprint density at radius 1 is 0.484 bits per heavy atom. The standard InChI is InChI=1S/C56H101NO5/c1-4-7-10-13-16-19-22-24-26-27-29-31-34-37-40-43-46-49-56(61)62-52(47-44-41-38-35-32-21-18-15-12-9-6-3)50-55(60)57-53(51-58)54(59)48-45-42-39-36-33-30-28-25-23-20-17-14-11-8-5-2/h7,10,16,19,24,26,29,31,37,40,52-54,58-59H,4-6,8-9,11-15,17-18,20-23,25,27-28,30,32-36,38-39,41-51H2,1-3H3,(H,57,60)/b10-7-,19-16-,26-24-,31-29-,40-37-. The van der Waals surface area contributed by atoms with Gasteiger partial charge in [-0.05, 0) is 64.2 Å². The van der Waals surface area contributed by atoms with Gasteiger partial charge in [-0.2, -0.15) is 0 Å². The third-order valence-corrected chi connectivity index (χ3v) is 11.9. The van der Waals surface area contributed by atoms with Crippen LogP contribution in [0.25, 0.3) is 0 Å². The number of rotatable bonds is 47. The highest BCUT2D eigenvalue weighted by molar-refractivity contribution is 5.77. The van der Waals surface area contributed by atoms with E-state index in [2.05, 4.69) is 86.8 Å². The van der Waals surface area contributed by atoms with Crippen LogP contribution in [0.1, 0.15) is 258 Å². The summed E-state index contributed by atoms with van der Waals surface area (Å²) in [7, 11) is 0. The first-order valence-corrected chi connectivity index (χ1v) is 26.5. The fourth-order valence-electron chi connectivity index (χ4n) is 7.88. The summed E-state index contributed by atoms with van der Waals surface area (Å²) in [5.41, 5.74) is 0. The fraction of sp³-hybridized carbons (Fsp3) is 0.786. The molecule has 62 heavy (non-hydrogen) atoms. The highest BCUT2D eigenvalue weighted by atomic mass is 16.5. The average Bonchev–Trinajstić information content (AvgIpc) is 3.26. The van der Waals surface area contributed by atoms with Crippen LogP contribution in [0.5, 0.6) is 0 Å². The van der Waals surface area contributed by atoms with Crippen molar-refractivity contribution in [1.82, 2.24) is 5.32 Å². The van der Waals surface area contributed by atoms with Gasteiger partial charge in [0.05, 0.1) is 25.2 Å². The van der Waals surface area contributed by atoms with Crippen LogP contribution in [0.3, 0.4) is 0 Å². The fourth-order valence-corrected chi connectivity index (χ4v) is 7.88. The second kappa shape index (κ2) is 49.6. The molecule has 0 aromatic rings. The Morgan fingerprint density at radius 2 is 0.855 bits per heavy atom. The summed E-state index contributed by atoms with van der Waals surface area (Å²) in [6, 6.07) is -0.712. The number of aliphatic hydroxyl groups is 2. The molecule has 0 rings (SSSR count). The number of allylic oxidation sites excluding steroid dienone is 10. The quantitative estimate of drug-likeness (QED) is 0.0322. The summed E-state index contributed by atoms with van der Waals surface area (Å²) in [6.45, 7) is 6.36. The molecule has 1 amide bonds. The first-order chi connectivity index (χ1) is 30.5. The van der Waals surface area contributed by atoms with Crippen molar-refractivity contribution in [1.29, 1.82) is 0 Å². The van der Waals surface area contributed by atoms with Crippen LogP contribution in [0, 0.1) is 0 Å². The van der Waals surface area contributed by atoms with Gasteiger partial charge in [0.15, 0.2) is 0 Å². The number of carbonyl (C=O) groups is 2. The van der Waals surface area contributed by atoms with Crippen molar-refractivity contribution < 1.29 is 24.5 Å². The van der Waals surface area contributed by atoms with Crippen molar-refractivity contribution >= 4 is 11.9 Å². The number of amides is 1. The molecule has 0 saturated carbocycles. The van der Waals surface area contributed by atoms with Gasteiger partial charge >= 0.3 is 5.97 Å². The van der Waals surface area contributed by atoms with E-state index < -0.39 is 18.2 Å². The molecular formula is C56H101NO5. The number of esters is 1. The molecule has 0 aliphatic heterocycles. The predicted octanol–water partition coefficient (Wildman–Crippen LogP) is 16.0. The zero-order valence-corrected chi connectivity index (χ0v) is 41.0. The zero-order chi connectivity index (χ0) is 45.2. The molecule has 0 aromatic heterocycles. The van der Waals surface area contributed by atoms with E-state index in [0.29, 0.717) is 25.7 Å². The average molecular weight is 868 g/mol. The number of unbranched alkanes of at least 4 members (excludes halogenated alkanes) is 25. The van der Waals surface area contributed by atoms with E-state index >= 15 is 0 Å². The van der Waals surface area contributed by atoms with Gasteiger partial charge in [0.25, 0.3) is 0 Å². The summed E-state index contributed by atoms with van der Waals surface area (Å²) in [5.74, 6) is -0.538. The number of hydrogen-bond donors (Lipinski definition) is 3. The first-order valence-electron chi connectivity index (χ1n) is 26.5. The molecule has 3 atom stereocenters. The number of ether oxygens (including phenoxy) is 1. The number of aliphatic hydroxyl groups excluding tert-OH is 2. The van der Waals surface area contributed by atoms with E-state index in [0.717, 1.165) is 77.0 Å². The highest BCUT2D eigenvalue weighted by Crippen LogP contribution is 2.18. The SMILES string of the molecule is CC/C=C\C/C=C\C/C=C\C/C=C\C/C=C\CCCC(=O)OC(CCCCCCCCCCCCC)CC(=O)NC(CO)C(O)CCCCCCCCCCCCCCCCC. The van der Waals surface area contributed by atoms with Crippen molar-refractivity contribution in [2.24, 2.45) is 0 Å². The highest BCUT2D eigenvalue weighted by Gasteiger charge is 2.24. The summed E-state index contributed by atoms with van der Waals surface area (Å²) in [5, 5.41) is 23.8. The number of nitrogens with one attached hydrogen (secondary N) is 1. The third-order valence-electron chi connectivity index (χ3n) is 11.9. The van der Waals surface area contributed by atoms with Crippen molar-refractivity contribution in [2.75, 3.05) is 6.61 Å². The van der Waals surface area contributed by atoms with Crippen molar-refractivity contribution in [2.45, 2.75) is 277 Å². The van der Waals surface area contributed by atoms with Crippen molar-refractivity contribution in [3.8, 4) is 0 Å². The predicted molar refractivity (Wildman–Crippen MR) is 268 cm³/mol. The molecule has 0 aliphatic carbocycles. The normalized spacial score (nSPS) is 13.7. The van der Waals surface area contributed by atoms with E-state index in [9.17, 15) is 19.8 Å². The monoisotopic (exact) mass is 868 g/mol. The molecule has 0 aliphatic rings. The first kappa shape index (κ1) is 59.6. The van der Waals surface area contributed by atoms with E-state index in [4.69, 9.17) is 4.74 Å². The maximum atomic E-state index is 13.2. The van der Waals surface area contributed by atoms with Crippen molar-refractivity contribution in [3.05, 3.63) is 60.8 Å². The lowest BCUT2D eigenvalue weighted by Crippen LogP contribution is -2.46. The van der Waals surface area contributed by atoms with Gasteiger partial charge in [-0.1, -0.05) is 242 Å². The second-order valence-electron chi connectivity index (χ2n) is 17.9. The Kier molecular flexibility index (Phi) is 47.6. The third kappa shape index (κ3) is 44.2. The lowest BCUT2D eigenvalue weighted by molar-refractivity contribution is -0.151. The largest absolute Gasteiger partial charge is 0.462 e. The molecule has 0 bridgehead atoms. The Hall–Kier alpha value is -2.44. The molecule has 3 unspecified atom stereocenters. The Morgan fingerprint density at radius 3 is 1.26 bits per heavy atom. The van der Waals surface area contributed by atoms with Gasteiger partial charge in [-0.25, -0.2) is 0 Å². The van der Waals surface area contributed by atoms with E-state index in [1.807, 2.05) is 0 Å². The van der Waals surface area contributed by atoms with Gasteiger partial charge in [-0.15, -0.1) is 0 Å². The Bertz CT molecular complexity index is 1110. The lowest BCUT2D eigenvalue weighted by Gasteiger charge is -2.24. The maximum Gasteiger partial charge on any atom is 0.306 e. The summed E-state index contributed by atoms with van der Waals surface area (Å²) < 4.78 is 5.90. The molecule has 6 heteroatoms. The van der Waals surface area contributed by atoms with E-state index in [1.54, 1.807) is 0 Å².